The van der Waals surface area contributed by atoms with E-state index in [1.54, 1.807) is 0 Å². The molecule has 0 aliphatic heterocycles. The van der Waals surface area contributed by atoms with Gasteiger partial charge in [0, 0.05) is 17.8 Å². The predicted octanol–water partition coefficient (Wildman–Crippen LogP) is 2.93. The number of Topliss-reactive ketones (excluding diaryl/α,β-unsaturated/α-hetero) is 1. The zero-order chi connectivity index (χ0) is 12.9. The van der Waals surface area contributed by atoms with Gasteiger partial charge in [0.05, 0.1) is 0 Å². The summed E-state index contributed by atoms with van der Waals surface area (Å²) in [4.78, 5) is 11.9. The Hall–Kier alpha value is -0.940. The fourth-order valence-electron chi connectivity index (χ4n) is 3.55. The minimum absolute atomic E-state index is 0.0826. The first kappa shape index (κ1) is 12.1. The summed E-state index contributed by atoms with van der Waals surface area (Å²) in [5.41, 5.74) is 4.29. The number of hydrogen-bond acceptors (Lipinski definition) is 1. The number of carbonyl (C=O) groups excluding carboxylic acids is 1. The summed E-state index contributed by atoms with van der Waals surface area (Å²) < 4.78 is 0. The van der Waals surface area contributed by atoms with Gasteiger partial charge in [-0.15, -0.1) is 9.24 Å². The van der Waals surface area contributed by atoms with Gasteiger partial charge in [0.2, 0.25) is 0 Å². The first-order valence-corrected chi connectivity index (χ1v) is 7.19. The highest BCUT2D eigenvalue weighted by Crippen LogP contribution is 2.47. The van der Waals surface area contributed by atoms with E-state index in [2.05, 4.69) is 47.4 Å². The zero-order valence-electron chi connectivity index (χ0n) is 11.0. The van der Waals surface area contributed by atoms with Crippen molar-refractivity contribution in [1.29, 1.82) is 0 Å². The molecule has 2 aliphatic carbocycles. The van der Waals surface area contributed by atoms with Gasteiger partial charge in [-0.05, 0) is 29.3 Å². The first-order chi connectivity index (χ1) is 8.50. The third-order valence-electron chi connectivity index (χ3n) is 4.63. The molecule has 18 heavy (non-hydrogen) atoms. The van der Waals surface area contributed by atoms with Crippen LogP contribution in [0.3, 0.4) is 0 Å². The van der Waals surface area contributed by atoms with E-state index >= 15 is 0 Å². The van der Waals surface area contributed by atoms with Crippen LogP contribution in [0.2, 0.25) is 0 Å². The zero-order valence-corrected chi connectivity index (χ0v) is 12.1. The number of hydrogen-bond donors (Lipinski definition) is 0. The van der Waals surface area contributed by atoms with Gasteiger partial charge < -0.3 is 0 Å². The highest BCUT2D eigenvalue weighted by Gasteiger charge is 2.42. The van der Waals surface area contributed by atoms with Gasteiger partial charge in [-0.1, -0.05) is 43.7 Å². The Morgan fingerprint density at radius 3 is 2.94 bits per heavy atom. The molecule has 2 heteroatoms. The van der Waals surface area contributed by atoms with E-state index in [4.69, 9.17) is 0 Å². The number of fused-ring (bicyclic) bond motifs is 3. The third-order valence-corrected chi connectivity index (χ3v) is 4.99. The largest absolute Gasteiger partial charge is 0.299 e. The van der Waals surface area contributed by atoms with Gasteiger partial charge in [0.1, 0.15) is 5.78 Å². The van der Waals surface area contributed by atoms with Crippen molar-refractivity contribution in [3.05, 3.63) is 41.0 Å². The third kappa shape index (κ3) is 1.68. The van der Waals surface area contributed by atoms with Crippen molar-refractivity contribution >= 4 is 20.3 Å². The second kappa shape index (κ2) is 4.03. The lowest BCUT2D eigenvalue weighted by atomic mass is 9.61. The second-order valence-electron chi connectivity index (χ2n) is 5.93. The highest BCUT2D eigenvalue weighted by atomic mass is 31.0. The minimum Gasteiger partial charge on any atom is -0.299 e. The van der Waals surface area contributed by atoms with Crippen LogP contribution in [0.25, 0.3) is 0 Å². The fraction of sp³-hybridized carbons (Fsp3) is 0.438. The molecule has 1 saturated carbocycles. The average molecular weight is 258 g/mol. The Kier molecular flexibility index (Phi) is 2.71. The smallest absolute Gasteiger partial charge is 0.139 e. The van der Waals surface area contributed by atoms with Crippen LogP contribution in [0.15, 0.2) is 29.8 Å². The topological polar surface area (TPSA) is 17.1 Å². The standard InChI is InChI=1S/C16H19OP/c1-10-9-16(2)12(8-15(10)17)4-3-11-7-13(18)5-6-14(11)16/h4-7,10H,3,8-9,18H2,1-2H3/t10-,16+/m0/s1. The molecule has 0 amide bonds. The molecule has 0 saturated heterocycles. The molecule has 0 aromatic heterocycles. The Labute approximate surface area is 111 Å². The van der Waals surface area contributed by atoms with E-state index in [0.29, 0.717) is 12.2 Å². The SMILES string of the molecule is C[C@H]1C[C@]2(C)C(=CCc3cc(P)ccc32)CC1=O. The molecule has 1 fully saturated rings. The lowest BCUT2D eigenvalue weighted by Gasteiger charge is -2.43. The molecule has 94 valence electrons. The Bertz CT molecular complexity index is 558. The molecule has 0 radical (unpaired) electrons. The van der Waals surface area contributed by atoms with Crippen LogP contribution < -0.4 is 5.30 Å². The highest BCUT2D eigenvalue weighted by molar-refractivity contribution is 7.27. The molecule has 1 nitrogen and oxygen atoms in total. The molecular weight excluding hydrogens is 239 g/mol. The molecule has 3 atom stereocenters. The van der Waals surface area contributed by atoms with Crippen LogP contribution in [0.1, 0.15) is 37.8 Å². The maximum atomic E-state index is 11.9. The number of carbonyl (C=O) groups is 1. The molecule has 2 aliphatic rings. The summed E-state index contributed by atoms with van der Waals surface area (Å²) in [5.74, 6) is 0.596. The quantitative estimate of drug-likeness (QED) is 0.516. The van der Waals surface area contributed by atoms with Crippen molar-refractivity contribution in [1.82, 2.24) is 0 Å². The maximum absolute atomic E-state index is 11.9. The van der Waals surface area contributed by atoms with Crippen molar-refractivity contribution in [2.75, 3.05) is 0 Å². The van der Waals surface area contributed by atoms with Crippen molar-refractivity contribution in [2.24, 2.45) is 5.92 Å². The number of allylic oxidation sites excluding steroid dienone is 2. The van der Waals surface area contributed by atoms with Crippen molar-refractivity contribution in [3.63, 3.8) is 0 Å². The number of rotatable bonds is 0. The van der Waals surface area contributed by atoms with Crippen LogP contribution in [-0.2, 0) is 16.6 Å². The summed E-state index contributed by atoms with van der Waals surface area (Å²) in [6.07, 6.45) is 4.88. The first-order valence-electron chi connectivity index (χ1n) is 6.62. The van der Waals surface area contributed by atoms with Gasteiger partial charge in [0.25, 0.3) is 0 Å². The Morgan fingerprint density at radius 2 is 2.17 bits per heavy atom. The van der Waals surface area contributed by atoms with E-state index in [1.165, 1.54) is 22.0 Å². The average Bonchev–Trinajstić information content (AvgIpc) is 2.31. The van der Waals surface area contributed by atoms with Crippen molar-refractivity contribution in [2.45, 2.75) is 38.5 Å². The van der Waals surface area contributed by atoms with Gasteiger partial charge >= 0.3 is 0 Å². The lowest BCUT2D eigenvalue weighted by molar-refractivity contribution is -0.123. The maximum Gasteiger partial charge on any atom is 0.139 e. The van der Waals surface area contributed by atoms with Crippen molar-refractivity contribution in [3.8, 4) is 0 Å². The van der Waals surface area contributed by atoms with E-state index in [-0.39, 0.29) is 11.3 Å². The van der Waals surface area contributed by atoms with Crippen LogP contribution in [-0.4, -0.2) is 5.78 Å². The summed E-state index contributed by atoms with van der Waals surface area (Å²) in [7, 11) is 2.77. The van der Waals surface area contributed by atoms with Crippen LogP contribution in [0.5, 0.6) is 0 Å². The summed E-state index contributed by atoms with van der Waals surface area (Å²) >= 11 is 0. The summed E-state index contributed by atoms with van der Waals surface area (Å²) in [6, 6.07) is 6.69. The molecule has 0 bridgehead atoms. The fourth-order valence-corrected chi connectivity index (χ4v) is 3.85. The van der Waals surface area contributed by atoms with E-state index in [0.717, 1.165) is 12.8 Å². The van der Waals surface area contributed by atoms with E-state index in [1.807, 2.05) is 0 Å². The van der Waals surface area contributed by atoms with Gasteiger partial charge in [-0.3, -0.25) is 4.79 Å². The minimum atomic E-state index is 0.0826. The number of benzene rings is 1. The van der Waals surface area contributed by atoms with Crippen molar-refractivity contribution < 1.29 is 4.79 Å². The van der Waals surface area contributed by atoms with E-state index in [9.17, 15) is 4.79 Å². The monoisotopic (exact) mass is 258 g/mol. The molecule has 3 rings (SSSR count). The second-order valence-corrected chi connectivity index (χ2v) is 6.60. The molecule has 1 aromatic carbocycles. The van der Waals surface area contributed by atoms with Gasteiger partial charge in [-0.25, -0.2) is 0 Å². The Balaban J connectivity index is 2.12. The van der Waals surface area contributed by atoms with Gasteiger partial charge in [0.15, 0.2) is 0 Å². The van der Waals surface area contributed by atoms with E-state index < -0.39 is 0 Å². The Morgan fingerprint density at radius 1 is 1.39 bits per heavy atom. The summed E-state index contributed by atoms with van der Waals surface area (Å²) in [5, 5.41) is 1.24. The number of ketones is 1. The molecule has 1 aromatic rings. The van der Waals surface area contributed by atoms with Gasteiger partial charge in [-0.2, -0.15) is 0 Å². The van der Waals surface area contributed by atoms with Crippen LogP contribution in [0.4, 0.5) is 0 Å². The lowest BCUT2D eigenvalue weighted by Crippen LogP contribution is -2.39. The predicted molar refractivity (Wildman–Crippen MR) is 78.3 cm³/mol. The normalized spacial score (nSPS) is 30.5. The van der Waals surface area contributed by atoms with Crippen LogP contribution in [0, 0.1) is 5.92 Å². The van der Waals surface area contributed by atoms with Crippen LogP contribution >= 0.6 is 9.24 Å². The molecule has 0 spiro atoms. The molecule has 1 unspecified atom stereocenters. The summed E-state index contributed by atoms with van der Waals surface area (Å²) in [6.45, 7) is 4.38. The molecular formula is C16H19OP. The molecule has 0 heterocycles. The molecule has 0 N–H and O–H groups in total.